The predicted molar refractivity (Wildman–Crippen MR) is 124 cm³/mol. The lowest BCUT2D eigenvalue weighted by Gasteiger charge is -2.08. The van der Waals surface area contributed by atoms with Crippen LogP contribution < -0.4 is 9.47 Å². The molecule has 0 atom stereocenters. The summed E-state index contributed by atoms with van der Waals surface area (Å²) in [6.07, 6.45) is 4.92. The van der Waals surface area contributed by atoms with Crippen molar-refractivity contribution in [2.45, 2.75) is 19.5 Å². The third-order valence-corrected chi connectivity index (χ3v) is 4.94. The van der Waals surface area contributed by atoms with Gasteiger partial charge in [0.15, 0.2) is 0 Å². The molecule has 0 bridgehead atoms. The first kappa shape index (κ1) is 23.9. The van der Waals surface area contributed by atoms with Gasteiger partial charge in [-0.1, -0.05) is 17.3 Å². The molecule has 37 heavy (non-hydrogen) atoms. The molecular weight excluding hydrogens is 491 g/mol. The van der Waals surface area contributed by atoms with E-state index in [0.29, 0.717) is 35.3 Å². The molecule has 3 aromatic heterocycles. The Bertz CT molecular complexity index is 1460. The smallest absolute Gasteiger partial charge is 0.487 e. The van der Waals surface area contributed by atoms with Crippen LogP contribution in [-0.4, -0.2) is 31.3 Å². The van der Waals surface area contributed by atoms with Crippen molar-refractivity contribution in [3.8, 4) is 23.0 Å². The maximum absolute atomic E-state index is 12.2. The molecule has 0 aliphatic rings. The van der Waals surface area contributed by atoms with Crippen LogP contribution in [0.3, 0.4) is 0 Å². The highest BCUT2D eigenvalue weighted by Crippen LogP contribution is 2.24. The predicted octanol–water partition coefficient (Wildman–Crippen LogP) is 5.62. The van der Waals surface area contributed by atoms with Gasteiger partial charge in [-0.15, -0.1) is 18.3 Å². The number of oxazole rings is 2. The number of hydrogen-bond donors (Lipinski definition) is 0. The van der Waals surface area contributed by atoms with Gasteiger partial charge < -0.3 is 18.3 Å². The van der Waals surface area contributed by atoms with Gasteiger partial charge in [0.25, 0.3) is 0 Å². The summed E-state index contributed by atoms with van der Waals surface area (Å²) in [5.74, 6) is 1.15. The normalized spacial score (nSPS) is 11.8. The van der Waals surface area contributed by atoms with Crippen LogP contribution in [0.15, 0.2) is 82.3 Å². The molecule has 0 fully saturated rings. The number of ether oxygens (including phenoxy) is 2. The van der Waals surface area contributed by atoms with Crippen molar-refractivity contribution < 1.29 is 31.5 Å². The molecule has 0 aliphatic heterocycles. The quantitative estimate of drug-likeness (QED) is 0.252. The molecule has 0 saturated carbocycles. The van der Waals surface area contributed by atoms with Crippen LogP contribution in [0, 0.1) is 0 Å². The lowest BCUT2D eigenvalue weighted by Crippen LogP contribution is -2.16. The van der Waals surface area contributed by atoms with E-state index in [-0.39, 0.29) is 12.4 Å². The lowest BCUT2D eigenvalue weighted by molar-refractivity contribution is -0.274. The highest BCUT2D eigenvalue weighted by atomic mass is 19.4. The maximum Gasteiger partial charge on any atom is 0.573 e. The molecular formula is C25H18F3N5O4. The molecule has 2 aromatic carbocycles. The Morgan fingerprint density at radius 1 is 0.865 bits per heavy atom. The second-order valence-electron chi connectivity index (χ2n) is 7.68. The van der Waals surface area contributed by atoms with Crippen LogP contribution in [0.1, 0.15) is 22.8 Å². The molecule has 0 N–H and O–H groups in total. The largest absolute Gasteiger partial charge is 0.573 e. The minimum absolute atomic E-state index is 0.182. The average molecular weight is 509 g/mol. The van der Waals surface area contributed by atoms with Crippen LogP contribution in [0.5, 0.6) is 11.5 Å². The molecule has 0 spiro atoms. The van der Waals surface area contributed by atoms with Crippen molar-refractivity contribution in [1.82, 2.24) is 25.0 Å². The van der Waals surface area contributed by atoms with E-state index < -0.39 is 6.36 Å². The number of halogens is 3. The fraction of sp³-hybridized carbons (Fsp3) is 0.120. The first-order chi connectivity index (χ1) is 17.9. The minimum Gasteiger partial charge on any atom is -0.487 e. The number of nitrogens with zero attached hydrogens (tertiary/aromatic N) is 5. The number of alkyl halides is 3. The van der Waals surface area contributed by atoms with E-state index in [0.717, 1.165) is 11.3 Å². The van der Waals surface area contributed by atoms with Crippen LogP contribution in [0.25, 0.3) is 23.6 Å². The van der Waals surface area contributed by atoms with Crippen LogP contribution >= 0.6 is 0 Å². The van der Waals surface area contributed by atoms with Gasteiger partial charge in [0, 0.05) is 17.8 Å². The van der Waals surface area contributed by atoms with Crippen molar-refractivity contribution in [2.75, 3.05) is 0 Å². The van der Waals surface area contributed by atoms with Crippen molar-refractivity contribution in [3.05, 3.63) is 96.3 Å². The first-order valence-electron chi connectivity index (χ1n) is 10.9. The summed E-state index contributed by atoms with van der Waals surface area (Å²) in [4.78, 5) is 8.78. The Balaban J connectivity index is 1.13. The molecule has 0 saturated heterocycles. The molecule has 0 radical (unpaired) electrons. The summed E-state index contributed by atoms with van der Waals surface area (Å²) in [7, 11) is 0. The zero-order chi connectivity index (χ0) is 25.7. The summed E-state index contributed by atoms with van der Waals surface area (Å²) in [6.45, 7) is 0.643. The molecule has 12 heteroatoms. The van der Waals surface area contributed by atoms with Crippen LogP contribution in [0.2, 0.25) is 0 Å². The third-order valence-electron chi connectivity index (χ3n) is 4.94. The Labute approximate surface area is 207 Å². The van der Waals surface area contributed by atoms with E-state index in [2.05, 4.69) is 25.0 Å². The van der Waals surface area contributed by atoms with Gasteiger partial charge >= 0.3 is 6.36 Å². The molecule has 0 aliphatic carbocycles. The summed E-state index contributed by atoms with van der Waals surface area (Å²) >= 11 is 0. The van der Waals surface area contributed by atoms with E-state index in [4.69, 9.17) is 13.6 Å². The molecule has 5 aromatic rings. The lowest BCUT2D eigenvalue weighted by atomic mass is 10.2. The second kappa shape index (κ2) is 10.4. The van der Waals surface area contributed by atoms with E-state index in [1.165, 1.54) is 30.5 Å². The summed E-state index contributed by atoms with van der Waals surface area (Å²) in [5.41, 5.74) is 2.75. The SMILES string of the molecule is FC(F)(F)Oc1ccc(C=Cc2nc(COc3ccc(-c4nc(Cn5ccnn5)co4)cc3)co2)cc1. The maximum atomic E-state index is 12.2. The van der Waals surface area contributed by atoms with Gasteiger partial charge in [0.05, 0.1) is 12.7 Å². The van der Waals surface area contributed by atoms with Crippen LogP contribution in [-0.2, 0) is 13.2 Å². The highest BCUT2D eigenvalue weighted by molar-refractivity contribution is 5.66. The van der Waals surface area contributed by atoms with Crippen molar-refractivity contribution >= 4 is 12.2 Å². The van der Waals surface area contributed by atoms with Gasteiger partial charge in [-0.05, 0) is 48.0 Å². The molecule has 5 rings (SSSR count). The standard InChI is InChI=1S/C25H18F3N5O4/c26-25(27,28)37-22-6-1-17(2-7-22)3-10-23-30-20(16-35-23)15-34-21-8-4-18(5-9-21)24-31-19(14-36-24)13-33-12-11-29-32-33/h1-12,14,16H,13,15H2. The first-order valence-corrected chi connectivity index (χ1v) is 10.9. The number of rotatable bonds is 9. The van der Waals surface area contributed by atoms with Gasteiger partial charge in [-0.25, -0.2) is 14.6 Å². The molecule has 0 unspecified atom stereocenters. The number of hydrogen-bond acceptors (Lipinski definition) is 8. The second-order valence-corrected chi connectivity index (χ2v) is 7.68. The van der Waals surface area contributed by atoms with Crippen molar-refractivity contribution in [3.63, 3.8) is 0 Å². The fourth-order valence-electron chi connectivity index (χ4n) is 3.26. The summed E-state index contributed by atoms with van der Waals surface area (Å²) < 4.78 is 59.0. The van der Waals surface area contributed by atoms with E-state index in [9.17, 15) is 13.2 Å². The Hall–Kier alpha value is -4.87. The third kappa shape index (κ3) is 6.63. The Morgan fingerprint density at radius 3 is 2.35 bits per heavy atom. The zero-order valence-electron chi connectivity index (χ0n) is 19.0. The van der Waals surface area contributed by atoms with Gasteiger partial charge in [0.2, 0.25) is 11.8 Å². The Kier molecular flexibility index (Phi) is 6.70. The van der Waals surface area contributed by atoms with E-state index in [1.54, 1.807) is 47.6 Å². The van der Waals surface area contributed by atoms with Crippen LogP contribution in [0.4, 0.5) is 13.2 Å². The zero-order valence-corrected chi connectivity index (χ0v) is 19.0. The molecule has 0 amide bonds. The summed E-state index contributed by atoms with van der Waals surface area (Å²) in [5, 5.41) is 7.67. The highest BCUT2D eigenvalue weighted by Gasteiger charge is 2.30. The van der Waals surface area contributed by atoms with E-state index >= 15 is 0 Å². The summed E-state index contributed by atoms with van der Waals surface area (Å²) in [6, 6.07) is 12.7. The minimum atomic E-state index is -4.73. The van der Waals surface area contributed by atoms with Crippen molar-refractivity contribution in [2.24, 2.45) is 0 Å². The molecule has 9 nitrogen and oxygen atoms in total. The number of benzene rings is 2. The fourth-order valence-corrected chi connectivity index (χ4v) is 3.26. The Morgan fingerprint density at radius 2 is 1.62 bits per heavy atom. The van der Waals surface area contributed by atoms with Gasteiger partial charge in [-0.2, -0.15) is 0 Å². The van der Waals surface area contributed by atoms with Gasteiger partial charge in [-0.3, -0.25) is 0 Å². The molecule has 188 valence electrons. The molecule has 3 heterocycles. The van der Waals surface area contributed by atoms with Gasteiger partial charge in [0.1, 0.15) is 42.0 Å². The van der Waals surface area contributed by atoms with E-state index in [1.807, 2.05) is 12.1 Å². The average Bonchev–Trinajstić information content (AvgIpc) is 3.65. The monoisotopic (exact) mass is 509 g/mol. The van der Waals surface area contributed by atoms with Crippen molar-refractivity contribution in [1.29, 1.82) is 0 Å². The topological polar surface area (TPSA) is 101 Å². The number of aromatic nitrogens is 5.